The summed E-state index contributed by atoms with van der Waals surface area (Å²) in [6.45, 7) is 4.27. The van der Waals surface area contributed by atoms with Crippen molar-refractivity contribution in [3.8, 4) is 0 Å². The van der Waals surface area contributed by atoms with Gasteiger partial charge in [-0.25, -0.2) is 8.42 Å². The van der Waals surface area contributed by atoms with Gasteiger partial charge in [0.1, 0.15) is 0 Å². The molecular formula is C10H20O2S. The largest absolute Gasteiger partial charge is 0.229 e. The van der Waals surface area contributed by atoms with E-state index in [0.29, 0.717) is 23.3 Å². The van der Waals surface area contributed by atoms with E-state index in [9.17, 15) is 8.42 Å². The van der Waals surface area contributed by atoms with Gasteiger partial charge >= 0.3 is 0 Å². The Kier molecular flexibility index (Phi) is 3.77. The average Bonchev–Trinajstić information content (AvgIpc) is 2.28. The van der Waals surface area contributed by atoms with E-state index in [0.717, 1.165) is 25.7 Å². The van der Waals surface area contributed by atoms with Crippen molar-refractivity contribution in [2.75, 3.05) is 11.5 Å². The highest BCUT2D eigenvalue weighted by molar-refractivity contribution is 7.91. The van der Waals surface area contributed by atoms with Gasteiger partial charge in [-0.1, -0.05) is 26.7 Å². The van der Waals surface area contributed by atoms with Gasteiger partial charge in [0.05, 0.1) is 11.5 Å². The highest BCUT2D eigenvalue weighted by atomic mass is 32.2. The Balaban J connectivity index is 2.60. The average molecular weight is 204 g/mol. The van der Waals surface area contributed by atoms with Crippen molar-refractivity contribution < 1.29 is 8.42 Å². The van der Waals surface area contributed by atoms with E-state index < -0.39 is 9.84 Å². The molecule has 1 heterocycles. The van der Waals surface area contributed by atoms with Crippen LogP contribution < -0.4 is 0 Å². The van der Waals surface area contributed by atoms with Crippen LogP contribution >= 0.6 is 0 Å². The van der Waals surface area contributed by atoms with Crippen LogP contribution in [0.5, 0.6) is 0 Å². The number of rotatable bonds is 4. The van der Waals surface area contributed by atoms with Crippen molar-refractivity contribution in [2.24, 2.45) is 11.8 Å². The van der Waals surface area contributed by atoms with Crippen molar-refractivity contribution in [2.45, 2.75) is 39.5 Å². The molecule has 2 nitrogen and oxygen atoms in total. The van der Waals surface area contributed by atoms with Gasteiger partial charge in [-0.2, -0.15) is 0 Å². The van der Waals surface area contributed by atoms with Gasteiger partial charge in [0, 0.05) is 0 Å². The monoisotopic (exact) mass is 204 g/mol. The highest BCUT2D eigenvalue weighted by Gasteiger charge is 2.35. The number of hydrogen-bond acceptors (Lipinski definition) is 2. The smallest absolute Gasteiger partial charge is 0.150 e. The minimum Gasteiger partial charge on any atom is -0.229 e. The number of hydrogen-bond donors (Lipinski definition) is 0. The first-order chi connectivity index (χ1) is 6.09. The van der Waals surface area contributed by atoms with Crippen LogP contribution in [0, 0.1) is 11.8 Å². The maximum atomic E-state index is 11.4. The van der Waals surface area contributed by atoms with E-state index >= 15 is 0 Å². The van der Waals surface area contributed by atoms with Crippen LogP contribution in [0.25, 0.3) is 0 Å². The molecule has 1 saturated heterocycles. The Labute approximate surface area is 81.6 Å². The molecule has 0 amide bonds. The normalized spacial score (nSPS) is 32.2. The number of sulfone groups is 1. The molecule has 1 aliphatic rings. The van der Waals surface area contributed by atoms with E-state index in [-0.39, 0.29) is 0 Å². The summed E-state index contributed by atoms with van der Waals surface area (Å²) in [5.74, 6) is 1.81. The van der Waals surface area contributed by atoms with E-state index in [1.165, 1.54) is 0 Å². The SMILES string of the molecule is CCCC1CS(=O)(=O)CC1CCC. The first kappa shape index (κ1) is 11.0. The van der Waals surface area contributed by atoms with Gasteiger partial charge in [-0.3, -0.25) is 0 Å². The summed E-state index contributed by atoms with van der Waals surface area (Å²) in [6, 6.07) is 0. The minimum atomic E-state index is -2.69. The predicted molar refractivity (Wildman–Crippen MR) is 55.4 cm³/mol. The molecular weight excluding hydrogens is 184 g/mol. The fourth-order valence-electron chi connectivity index (χ4n) is 2.37. The van der Waals surface area contributed by atoms with Crippen molar-refractivity contribution in [3.63, 3.8) is 0 Å². The molecule has 0 spiro atoms. The fraction of sp³-hybridized carbons (Fsp3) is 1.00. The second-order valence-corrected chi connectivity index (χ2v) is 6.33. The maximum absolute atomic E-state index is 11.4. The molecule has 78 valence electrons. The molecule has 3 heteroatoms. The van der Waals surface area contributed by atoms with Gasteiger partial charge in [-0.15, -0.1) is 0 Å². The van der Waals surface area contributed by atoms with Gasteiger partial charge in [0.15, 0.2) is 9.84 Å². The van der Waals surface area contributed by atoms with E-state index in [4.69, 9.17) is 0 Å². The molecule has 0 aromatic heterocycles. The summed E-state index contributed by atoms with van der Waals surface area (Å²) in [6.07, 6.45) is 4.40. The molecule has 0 aromatic rings. The summed E-state index contributed by atoms with van der Waals surface area (Å²) >= 11 is 0. The zero-order valence-electron chi connectivity index (χ0n) is 8.62. The van der Waals surface area contributed by atoms with Crippen LogP contribution in [0.15, 0.2) is 0 Å². The topological polar surface area (TPSA) is 34.1 Å². The second kappa shape index (κ2) is 4.45. The summed E-state index contributed by atoms with van der Waals surface area (Å²) < 4.78 is 22.8. The molecule has 13 heavy (non-hydrogen) atoms. The van der Waals surface area contributed by atoms with Crippen LogP contribution in [0.1, 0.15) is 39.5 Å². The van der Waals surface area contributed by atoms with E-state index in [2.05, 4.69) is 13.8 Å². The first-order valence-corrected chi connectivity index (χ1v) is 7.11. The maximum Gasteiger partial charge on any atom is 0.150 e. The second-order valence-electron chi connectivity index (χ2n) is 4.17. The molecule has 0 bridgehead atoms. The summed E-state index contributed by atoms with van der Waals surface area (Å²) in [5.41, 5.74) is 0. The summed E-state index contributed by atoms with van der Waals surface area (Å²) in [7, 11) is -2.69. The lowest BCUT2D eigenvalue weighted by atomic mass is 9.89. The Morgan fingerprint density at radius 1 is 1.00 bits per heavy atom. The molecule has 2 atom stereocenters. The highest BCUT2D eigenvalue weighted by Crippen LogP contribution is 2.32. The molecule has 1 aliphatic heterocycles. The van der Waals surface area contributed by atoms with Gasteiger partial charge in [0.2, 0.25) is 0 Å². The molecule has 0 aliphatic carbocycles. The van der Waals surface area contributed by atoms with Crippen molar-refractivity contribution >= 4 is 9.84 Å². The standard InChI is InChI=1S/C10H20O2S/c1-3-5-9-7-13(11,12)8-10(9)6-4-2/h9-10H,3-8H2,1-2H3. The van der Waals surface area contributed by atoms with Gasteiger partial charge in [-0.05, 0) is 24.7 Å². The predicted octanol–water partition coefficient (Wildman–Crippen LogP) is 2.25. The third kappa shape index (κ3) is 2.97. The molecule has 1 rings (SSSR count). The lowest BCUT2D eigenvalue weighted by molar-refractivity contribution is 0.366. The Morgan fingerprint density at radius 3 is 1.69 bits per heavy atom. The fourth-order valence-corrected chi connectivity index (χ4v) is 4.69. The first-order valence-electron chi connectivity index (χ1n) is 5.29. The minimum absolute atomic E-state index is 0.450. The van der Waals surface area contributed by atoms with Crippen molar-refractivity contribution in [1.29, 1.82) is 0 Å². The molecule has 0 radical (unpaired) electrons. The van der Waals surface area contributed by atoms with Crippen LogP contribution in [0.3, 0.4) is 0 Å². The lowest BCUT2D eigenvalue weighted by Gasteiger charge is -2.15. The zero-order valence-corrected chi connectivity index (χ0v) is 9.44. The summed E-state index contributed by atoms with van der Waals surface area (Å²) in [5, 5.41) is 0. The van der Waals surface area contributed by atoms with Crippen molar-refractivity contribution in [1.82, 2.24) is 0 Å². The Morgan fingerprint density at radius 2 is 1.38 bits per heavy atom. The Hall–Kier alpha value is -0.0500. The zero-order chi connectivity index (χ0) is 9.90. The van der Waals surface area contributed by atoms with Crippen LogP contribution in [0.4, 0.5) is 0 Å². The van der Waals surface area contributed by atoms with Crippen LogP contribution in [-0.2, 0) is 9.84 Å². The van der Waals surface area contributed by atoms with Gasteiger partial charge in [0.25, 0.3) is 0 Å². The van der Waals surface area contributed by atoms with E-state index in [1.54, 1.807) is 0 Å². The quantitative estimate of drug-likeness (QED) is 0.704. The van der Waals surface area contributed by atoms with Crippen LogP contribution in [-0.4, -0.2) is 19.9 Å². The molecule has 2 unspecified atom stereocenters. The third-order valence-electron chi connectivity index (χ3n) is 2.92. The lowest BCUT2D eigenvalue weighted by Crippen LogP contribution is -2.11. The summed E-state index contributed by atoms with van der Waals surface area (Å²) in [4.78, 5) is 0. The molecule has 0 N–H and O–H groups in total. The Bertz CT molecular complexity index is 224. The van der Waals surface area contributed by atoms with Gasteiger partial charge < -0.3 is 0 Å². The molecule has 0 aromatic carbocycles. The molecule has 1 fully saturated rings. The van der Waals surface area contributed by atoms with Crippen molar-refractivity contribution in [3.05, 3.63) is 0 Å². The third-order valence-corrected chi connectivity index (χ3v) is 4.79. The molecule has 0 saturated carbocycles. The van der Waals surface area contributed by atoms with Crippen LogP contribution in [0.2, 0.25) is 0 Å². The van der Waals surface area contributed by atoms with E-state index in [1.807, 2.05) is 0 Å².